The number of ketones is 1. The van der Waals surface area contributed by atoms with Crippen molar-refractivity contribution in [2.45, 2.75) is 233 Å². The monoisotopic (exact) mass is 1350 g/mol. The molecule has 10 atom stereocenters. The Bertz CT molecular complexity index is 2370. The summed E-state index contributed by atoms with van der Waals surface area (Å²) in [4.78, 5) is 36.3. The summed E-state index contributed by atoms with van der Waals surface area (Å²) in [6, 6.07) is 21.4. The third-order valence-corrected chi connectivity index (χ3v) is 21.5. The molecule has 0 spiro atoms. The molecule has 0 saturated carbocycles. The Morgan fingerprint density at radius 3 is 1.49 bits per heavy atom. The van der Waals surface area contributed by atoms with Crippen LogP contribution in [0.15, 0.2) is 73.0 Å². The van der Waals surface area contributed by atoms with Gasteiger partial charge >= 0.3 is 27.6 Å². The molecule has 81 heavy (non-hydrogen) atoms. The van der Waals surface area contributed by atoms with E-state index in [4.69, 9.17) is 32.8 Å². The van der Waals surface area contributed by atoms with Crippen LogP contribution in [0.2, 0.25) is 5.04 Å². The number of hydrogen-bond donors (Lipinski definition) is 1. The summed E-state index contributed by atoms with van der Waals surface area (Å²) in [5, 5.41) is 12.4. The molecule has 4 aliphatic heterocycles. The minimum atomic E-state index is -5.78. The van der Waals surface area contributed by atoms with Crippen molar-refractivity contribution in [3.8, 4) is 0 Å². The Kier molecular flexibility index (Phi) is 27.8. The van der Waals surface area contributed by atoms with Gasteiger partial charge in [0.2, 0.25) is 0 Å². The summed E-state index contributed by atoms with van der Waals surface area (Å²) in [6.45, 7) is 27.1. The summed E-state index contributed by atoms with van der Waals surface area (Å²) in [7, 11) is -8.58. The van der Waals surface area contributed by atoms with Crippen LogP contribution in [-0.4, -0.2) is 119 Å². The standard InChI is InChI=1S/C37H54O6Si.C22H35F3O8S.2CH4.W/c1-27(28(2)38)24-29-21-22-33-37(43-29,25-30(42-33)16-15-23-40-34(39)35(3,4)5)26-41-44(36(6,7)8,31-17-11-9-12-18-31)32-19-13-10-14-20-32;1-14(15(2)33-34(28,29)22(23,24)25)11-16-8-9-18-21(13-26,32-16)12-17(31-18)7-6-10-30-19(27)20(3,4)5;;;/h9-14,17-20,27,29-30,33H,15-16,21-26H2,1-8H3;14,16-18,26H,2,6-13H2,1,3-5H3;2*1H4;/t27-,29?,30+,33+,37-;14-,16?,17+,18+,21-;;;/m11.../s1. The number of halogens is 3. The zero-order valence-electron chi connectivity index (χ0n) is 48.6. The van der Waals surface area contributed by atoms with E-state index in [9.17, 15) is 41.1 Å². The third-order valence-electron chi connectivity index (χ3n) is 15.6. The van der Waals surface area contributed by atoms with Crippen LogP contribution in [0.1, 0.15) is 175 Å². The number of Topliss-reactive ketones (excluding diaryl/α,β-unsaturated/α-hetero) is 1. The number of allylic oxidation sites excluding steroid dienone is 1. The molecule has 2 aromatic rings. The van der Waals surface area contributed by atoms with Crippen LogP contribution in [-0.2, 0) is 82.6 Å². The first-order valence-electron chi connectivity index (χ1n) is 27.8. The van der Waals surface area contributed by atoms with Crippen molar-refractivity contribution in [2.75, 3.05) is 26.4 Å². The molecule has 0 aromatic heterocycles. The molecule has 20 heteroatoms. The fraction of sp³-hybridized carbons (Fsp3) is 0.721. The number of aliphatic hydroxyl groups excluding tert-OH is 1. The summed E-state index contributed by atoms with van der Waals surface area (Å²) >= 11 is 0. The Morgan fingerprint density at radius 2 is 1.10 bits per heavy atom. The topological polar surface area (TPSA) is 179 Å². The molecule has 0 aliphatic carbocycles. The number of ether oxygens (including phenoxy) is 6. The normalized spacial score (nSPS) is 25.6. The van der Waals surface area contributed by atoms with E-state index in [0.717, 1.165) is 25.7 Å². The SMILES string of the molecule is C.C.C=C(OS(=O)(=O)C(F)(F)F)[C@H](C)CC1CC[C@@H]2O[C@@H](CCCOC(=O)C(C)(C)C)C[C@]2(CO)O1.CC(=O)[C@H](C)CC1CC[C@@H]2O[C@@H](CCCOC(=O)C(C)(C)C)C[C@]2(CO[Si](c2ccccc2)(c2ccccc2)C(C)(C)C)O1.[W]. The van der Waals surface area contributed by atoms with Crippen molar-refractivity contribution >= 4 is 46.5 Å². The van der Waals surface area contributed by atoms with Gasteiger partial charge in [0.25, 0.3) is 8.32 Å². The van der Waals surface area contributed by atoms with E-state index in [-0.39, 0.29) is 115 Å². The predicted molar refractivity (Wildman–Crippen MR) is 307 cm³/mol. The van der Waals surface area contributed by atoms with Crippen LogP contribution in [0.4, 0.5) is 13.2 Å². The van der Waals surface area contributed by atoms with E-state index < -0.39 is 63.8 Å². The second-order valence-electron chi connectivity index (χ2n) is 25.2. The van der Waals surface area contributed by atoms with E-state index in [1.807, 2.05) is 27.7 Å². The number of carbonyl (C=O) groups is 3. The molecule has 4 heterocycles. The Hall–Kier alpha value is -3.00. The van der Waals surface area contributed by atoms with Gasteiger partial charge in [0, 0.05) is 45.7 Å². The van der Waals surface area contributed by atoms with Crippen LogP contribution in [0.3, 0.4) is 0 Å². The van der Waals surface area contributed by atoms with Gasteiger partial charge in [-0.1, -0.05) is 117 Å². The summed E-state index contributed by atoms with van der Waals surface area (Å²) < 4.78 is 108. The summed E-state index contributed by atoms with van der Waals surface area (Å²) in [5.41, 5.74) is -8.19. The van der Waals surface area contributed by atoms with Crippen molar-refractivity contribution in [1.29, 1.82) is 0 Å². The maximum atomic E-state index is 12.6. The molecular weight excluding hydrogens is 1260 g/mol. The molecule has 462 valence electrons. The molecule has 2 unspecified atom stereocenters. The first-order chi connectivity index (χ1) is 36.2. The number of hydrogen-bond acceptors (Lipinski definition) is 14. The Labute approximate surface area is 498 Å². The number of alkyl halides is 3. The largest absolute Gasteiger partial charge is 0.534 e. The number of rotatable bonds is 22. The van der Waals surface area contributed by atoms with Crippen molar-refractivity contribution in [3.05, 3.63) is 73.0 Å². The fourth-order valence-corrected chi connectivity index (χ4v) is 16.2. The van der Waals surface area contributed by atoms with Crippen molar-refractivity contribution in [3.63, 3.8) is 0 Å². The van der Waals surface area contributed by atoms with Crippen LogP contribution >= 0.6 is 0 Å². The second-order valence-corrected chi connectivity index (χ2v) is 31.0. The first kappa shape index (κ1) is 74.1. The minimum absolute atomic E-state index is 0. The molecule has 0 radical (unpaired) electrons. The van der Waals surface area contributed by atoms with Crippen LogP contribution < -0.4 is 10.4 Å². The molecular formula is C61H97F3O14SSiW. The van der Waals surface area contributed by atoms with Gasteiger partial charge < -0.3 is 42.1 Å². The average Bonchev–Trinajstić information content (AvgIpc) is 3.91. The maximum absolute atomic E-state index is 12.6. The minimum Gasteiger partial charge on any atom is -0.465 e. The van der Waals surface area contributed by atoms with E-state index in [1.54, 1.807) is 27.7 Å². The van der Waals surface area contributed by atoms with Gasteiger partial charge in [-0.2, -0.15) is 21.6 Å². The zero-order chi connectivity index (χ0) is 58.1. The smallest absolute Gasteiger partial charge is 0.465 e. The fourth-order valence-electron chi connectivity index (χ4n) is 11.0. The second kappa shape index (κ2) is 30.4. The molecule has 2 aromatic carbocycles. The van der Waals surface area contributed by atoms with Gasteiger partial charge in [0.1, 0.15) is 22.7 Å². The van der Waals surface area contributed by atoms with Gasteiger partial charge in [-0.3, -0.25) is 14.4 Å². The molecule has 6 rings (SSSR count). The van der Waals surface area contributed by atoms with E-state index >= 15 is 0 Å². The summed E-state index contributed by atoms with van der Waals surface area (Å²) in [5.74, 6) is -1.58. The van der Waals surface area contributed by atoms with Crippen LogP contribution in [0.5, 0.6) is 0 Å². The van der Waals surface area contributed by atoms with Crippen LogP contribution in [0, 0.1) is 22.7 Å². The number of esters is 2. The quantitative estimate of drug-likeness (QED) is 0.0294. The third kappa shape index (κ3) is 19.2. The number of fused-ring (bicyclic) bond motifs is 2. The molecule has 4 aliphatic rings. The Balaban J connectivity index is 0.000000551. The molecule has 4 fully saturated rings. The first-order valence-corrected chi connectivity index (χ1v) is 31.1. The maximum Gasteiger partial charge on any atom is 0.534 e. The average molecular weight is 1360 g/mol. The molecule has 1 N–H and O–H groups in total. The number of benzene rings is 2. The van der Waals surface area contributed by atoms with Gasteiger partial charge in [0.15, 0.2) is 0 Å². The van der Waals surface area contributed by atoms with Crippen molar-refractivity contribution in [1.82, 2.24) is 0 Å². The molecule has 14 nitrogen and oxygen atoms in total. The van der Waals surface area contributed by atoms with Gasteiger partial charge in [-0.15, -0.1) is 0 Å². The zero-order valence-corrected chi connectivity index (χ0v) is 53.4. The number of carbonyl (C=O) groups excluding carboxylic acids is 3. The van der Waals surface area contributed by atoms with Gasteiger partial charge in [0.05, 0.1) is 73.9 Å². The van der Waals surface area contributed by atoms with Crippen LogP contribution in [0.25, 0.3) is 0 Å². The van der Waals surface area contributed by atoms with Gasteiger partial charge in [-0.25, -0.2) is 0 Å². The van der Waals surface area contributed by atoms with Crippen molar-refractivity contribution in [2.24, 2.45) is 22.7 Å². The molecule has 0 bridgehead atoms. The van der Waals surface area contributed by atoms with E-state index in [0.29, 0.717) is 58.2 Å². The number of aliphatic hydroxyl groups is 1. The molecule has 0 amide bonds. The van der Waals surface area contributed by atoms with Crippen molar-refractivity contribution < 1.29 is 99.2 Å². The van der Waals surface area contributed by atoms with E-state index in [1.165, 1.54) is 17.3 Å². The predicted octanol–water partition coefficient (Wildman–Crippen LogP) is 11.7. The van der Waals surface area contributed by atoms with Gasteiger partial charge in [-0.05, 0) is 128 Å². The molecule has 4 saturated heterocycles. The summed E-state index contributed by atoms with van der Waals surface area (Å²) in [6.07, 6.45) is 6.45. The Morgan fingerprint density at radius 1 is 0.691 bits per heavy atom. The van der Waals surface area contributed by atoms with E-state index in [2.05, 4.69) is 92.2 Å².